The number of hydrogen-bond acceptors (Lipinski definition) is 2. The number of carbonyl (C=O) groups excluding carboxylic acids is 1. The van der Waals surface area contributed by atoms with Crippen LogP contribution in [0.2, 0.25) is 0 Å². The predicted octanol–water partition coefficient (Wildman–Crippen LogP) is 1.72. The second-order valence-electron chi connectivity index (χ2n) is 3.07. The minimum atomic E-state index is 0. The first-order valence-corrected chi connectivity index (χ1v) is 4.18. The van der Waals surface area contributed by atoms with E-state index in [9.17, 15) is 4.79 Å². The highest BCUT2D eigenvalue weighted by atomic mass is 79.9. The fourth-order valence-corrected chi connectivity index (χ4v) is 1.57. The van der Waals surface area contributed by atoms with Crippen molar-refractivity contribution in [3.05, 3.63) is 34.9 Å². The lowest BCUT2D eigenvalue weighted by molar-refractivity contribution is 0.112. The van der Waals surface area contributed by atoms with Gasteiger partial charge in [0.25, 0.3) is 0 Å². The van der Waals surface area contributed by atoms with Crippen LogP contribution in [0.5, 0.6) is 0 Å². The van der Waals surface area contributed by atoms with Crippen molar-refractivity contribution in [2.45, 2.75) is 13.0 Å². The molecule has 0 saturated heterocycles. The van der Waals surface area contributed by atoms with E-state index in [-0.39, 0.29) is 17.0 Å². The summed E-state index contributed by atoms with van der Waals surface area (Å²) in [4.78, 5) is 10.5. The van der Waals surface area contributed by atoms with E-state index >= 15 is 0 Å². The van der Waals surface area contributed by atoms with Gasteiger partial charge in [0.15, 0.2) is 0 Å². The summed E-state index contributed by atoms with van der Waals surface area (Å²) < 4.78 is 0. The summed E-state index contributed by atoms with van der Waals surface area (Å²) in [6, 6.07) is 5.90. The minimum absolute atomic E-state index is 0. The van der Waals surface area contributed by atoms with E-state index in [1.165, 1.54) is 11.1 Å². The molecule has 0 fully saturated rings. The molecule has 2 rings (SSSR count). The zero-order valence-electron chi connectivity index (χ0n) is 7.25. The lowest BCUT2D eigenvalue weighted by atomic mass is 9.99. The quantitative estimate of drug-likeness (QED) is 0.760. The molecule has 1 N–H and O–H groups in total. The predicted molar refractivity (Wildman–Crippen MR) is 57.6 cm³/mol. The number of halogens is 1. The second-order valence-corrected chi connectivity index (χ2v) is 3.07. The molecule has 1 heterocycles. The Bertz CT molecular complexity index is 312. The Morgan fingerprint density at radius 1 is 1.31 bits per heavy atom. The molecule has 3 heteroatoms. The highest BCUT2D eigenvalue weighted by molar-refractivity contribution is 8.93. The number of benzene rings is 1. The van der Waals surface area contributed by atoms with Gasteiger partial charge in [0.1, 0.15) is 6.29 Å². The van der Waals surface area contributed by atoms with Gasteiger partial charge in [-0.25, -0.2) is 0 Å². The highest BCUT2D eigenvalue weighted by Crippen LogP contribution is 2.14. The standard InChI is InChI=1S/C10H11NO.BrH/c12-7-8-1-2-10-6-11-4-3-9(10)5-8;/h1-2,5,7,11H,3-4,6H2;1H. The van der Waals surface area contributed by atoms with Crippen LogP contribution in [0.4, 0.5) is 0 Å². The maximum atomic E-state index is 10.5. The third-order valence-electron chi connectivity index (χ3n) is 2.25. The first-order chi connectivity index (χ1) is 5.90. The molecule has 13 heavy (non-hydrogen) atoms. The molecular weight excluding hydrogens is 230 g/mol. The van der Waals surface area contributed by atoms with E-state index in [0.29, 0.717) is 0 Å². The first kappa shape index (κ1) is 10.4. The van der Waals surface area contributed by atoms with Crippen molar-refractivity contribution in [1.82, 2.24) is 5.32 Å². The maximum absolute atomic E-state index is 10.5. The van der Waals surface area contributed by atoms with E-state index in [2.05, 4.69) is 5.32 Å². The van der Waals surface area contributed by atoms with Gasteiger partial charge in [-0.15, -0.1) is 17.0 Å². The van der Waals surface area contributed by atoms with Gasteiger partial charge in [0, 0.05) is 12.1 Å². The summed E-state index contributed by atoms with van der Waals surface area (Å²) in [6.45, 7) is 1.96. The van der Waals surface area contributed by atoms with Crippen molar-refractivity contribution in [3.8, 4) is 0 Å². The summed E-state index contributed by atoms with van der Waals surface area (Å²) in [6.07, 6.45) is 1.94. The van der Waals surface area contributed by atoms with Gasteiger partial charge >= 0.3 is 0 Å². The van der Waals surface area contributed by atoms with Crippen LogP contribution in [-0.2, 0) is 13.0 Å². The van der Waals surface area contributed by atoms with Gasteiger partial charge in [-0.1, -0.05) is 12.1 Å². The van der Waals surface area contributed by atoms with Crippen LogP contribution in [0.3, 0.4) is 0 Å². The molecule has 1 aliphatic rings. The average Bonchev–Trinajstić information content (AvgIpc) is 2.17. The van der Waals surface area contributed by atoms with E-state index in [1.54, 1.807) is 0 Å². The first-order valence-electron chi connectivity index (χ1n) is 4.18. The normalized spacial score (nSPS) is 14.2. The summed E-state index contributed by atoms with van der Waals surface area (Å²) >= 11 is 0. The molecule has 1 aromatic rings. The van der Waals surface area contributed by atoms with Crippen LogP contribution >= 0.6 is 17.0 Å². The Morgan fingerprint density at radius 2 is 2.15 bits per heavy atom. The molecule has 1 aromatic carbocycles. The zero-order chi connectivity index (χ0) is 8.39. The van der Waals surface area contributed by atoms with Crippen molar-refractivity contribution in [1.29, 1.82) is 0 Å². The Morgan fingerprint density at radius 3 is 2.92 bits per heavy atom. The summed E-state index contributed by atoms with van der Waals surface area (Å²) in [7, 11) is 0. The number of aldehydes is 1. The molecule has 0 radical (unpaired) electrons. The molecule has 0 spiro atoms. The van der Waals surface area contributed by atoms with Gasteiger partial charge in [0.2, 0.25) is 0 Å². The van der Waals surface area contributed by atoms with Crippen molar-refractivity contribution in [2.75, 3.05) is 6.54 Å². The Kier molecular flexibility index (Phi) is 3.63. The molecule has 0 unspecified atom stereocenters. The van der Waals surface area contributed by atoms with E-state index in [0.717, 1.165) is 31.4 Å². The number of nitrogens with one attached hydrogen (secondary N) is 1. The SMILES string of the molecule is Br.O=Cc1ccc2c(c1)CCNC2. The molecule has 0 atom stereocenters. The lowest BCUT2D eigenvalue weighted by Crippen LogP contribution is -2.23. The Labute approximate surface area is 88.1 Å². The van der Waals surface area contributed by atoms with Gasteiger partial charge in [0.05, 0.1) is 0 Å². The van der Waals surface area contributed by atoms with Crippen molar-refractivity contribution < 1.29 is 4.79 Å². The van der Waals surface area contributed by atoms with Crippen LogP contribution in [-0.4, -0.2) is 12.8 Å². The molecule has 0 aliphatic carbocycles. The van der Waals surface area contributed by atoms with Crippen molar-refractivity contribution >= 4 is 23.3 Å². The molecule has 0 amide bonds. The van der Waals surface area contributed by atoms with Crippen molar-refractivity contribution in [3.63, 3.8) is 0 Å². The molecular formula is C10H12BrNO. The number of rotatable bonds is 1. The fourth-order valence-electron chi connectivity index (χ4n) is 1.57. The number of hydrogen-bond donors (Lipinski definition) is 1. The smallest absolute Gasteiger partial charge is 0.150 e. The third-order valence-corrected chi connectivity index (χ3v) is 2.25. The monoisotopic (exact) mass is 241 g/mol. The summed E-state index contributed by atoms with van der Waals surface area (Å²) in [5.74, 6) is 0. The van der Waals surface area contributed by atoms with Crippen LogP contribution < -0.4 is 5.32 Å². The fraction of sp³-hybridized carbons (Fsp3) is 0.300. The lowest BCUT2D eigenvalue weighted by Gasteiger charge is -2.16. The van der Waals surface area contributed by atoms with Gasteiger partial charge in [-0.3, -0.25) is 4.79 Å². The third kappa shape index (κ3) is 2.17. The topological polar surface area (TPSA) is 29.1 Å². The Balaban J connectivity index is 0.000000845. The largest absolute Gasteiger partial charge is 0.312 e. The molecule has 0 aromatic heterocycles. The Hall–Kier alpha value is -0.670. The molecule has 0 saturated carbocycles. The summed E-state index contributed by atoms with van der Waals surface area (Å²) in [5.41, 5.74) is 3.43. The van der Waals surface area contributed by atoms with Gasteiger partial charge < -0.3 is 5.32 Å². The van der Waals surface area contributed by atoms with Crippen LogP contribution in [0.1, 0.15) is 21.5 Å². The molecule has 2 nitrogen and oxygen atoms in total. The molecule has 1 aliphatic heterocycles. The van der Waals surface area contributed by atoms with Crippen LogP contribution in [0.15, 0.2) is 18.2 Å². The van der Waals surface area contributed by atoms with Crippen LogP contribution in [0.25, 0.3) is 0 Å². The van der Waals surface area contributed by atoms with E-state index < -0.39 is 0 Å². The minimum Gasteiger partial charge on any atom is -0.312 e. The number of carbonyl (C=O) groups is 1. The summed E-state index contributed by atoms with van der Waals surface area (Å²) in [5, 5.41) is 3.29. The number of fused-ring (bicyclic) bond motifs is 1. The van der Waals surface area contributed by atoms with E-state index in [4.69, 9.17) is 0 Å². The van der Waals surface area contributed by atoms with Gasteiger partial charge in [-0.2, -0.15) is 0 Å². The average molecular weight is 242 g/mol. The van der Waals surface area contributed by atoms with Gasteiger partial charge in [-0.05, 0) is 30.2 Å². The van der Waals surface area contributed by atoms with Crippen LogP contribution in [0, 0.1) is 0 Å². The van der Waals surface area contributed by atoms with Crippen molar-refractivity contribution in [2.24, 2.45) is 0 Å². The van der Waals surface area contributed by atoms with E-state index in [1.807, 2.05) is 18.2 Å². The second kappa shape index (κ2) is 4.53. The molecule has 0 bridgehead atoms. The zero-order valence-corrected chi connectivity index (χ0v) is 8.96. The highest BCUT2D eigenvalue weighted by Gasteiger charge is 2.07. The maximum Gasteiger partial charge on any atom is 0.150 e. The molecule has 70 valence electrons.